The Hall–Kier alpha value is -6.76. The van der Waals surface area contributed by atoms with Crippen LogP contribution in [0.1, 0.15) is 150 Å². The number of halogens is 3. The molecule has 10 aromatic carbocycles. The molecule has 2 spiro atoms. The lowest BCUT2D eigenvalue weighted by atomic mass is 9.67. The normalized spacial score (nSPS) is 14.2. The molecule has 4 aliphatic carbocycles. The van der Waals surface area contributed by atoms with Gasteiger partial charge < -0.3 is 10.0 Å². The van der Waals surface area contributed by atoms with Gasteiger partial charge in [-0.05, 0) is 180 Å². The first-order valence-electron chi connectivity index (χ1n) is 29.4. The lowest BCUT2D eigenvalue weighted by Gasteiger charge is -2.34. The van der Waals surface area contributed by atoms with E-state index in [2.05, 4.69) is 269 Å². The van der Waals surface area contributed by atoms with Gasteiger partial charge in [0, 0.05) is 14.5 Å². The molecule has 0 heterocycles. The van der Waals surface area contributed by atoms with Crippen LogP contribution in [0, 0.1) is 0 Å². The van der Waals surface area contributed by atoms with Crippen molar-refractivity contribution >= 4 is 51.7 Å². The van der Waals surface area contributed by atoms with Crippen molar-refractivity contribution in [3.63, 3.8) is 0 Å². The van der Waals surface area contributed by atoms with E-state index in [1.807, 2.05) is 12.1 Å². The zero-order valence-electron chi connectivity index (χ0n) is 50.2. The molecule has 2 nitrogen and oxygen atoms in total. The van der Waals surface area contributed by atoms with Crippen LogP contribution in [-0.2, 0) is 32.5 Å². The molecule has 2 N–H and O–H groups in total. The first kappa shape index (κ1) is 57.7. The Bertz CT molecular complexity index is 4110. The third kappa shape index (κ3) is 9.29. The maximum absolute atomic E-state index is 8.63. The molecule has 0 saturated heterocycles. The van der Waals surface area contributed by atoms with Crippen LogP contribution < -0.4 is 5.46 Å². The zero-order chi connectivity index (χ0) is 59.6. The van der Waals surface area contributed by atoms with Crippen LogP contribution in [0.25, 0.3) is 55.6 Å². The second kappa shape index (κ2) is 20.7. The van der Waals surface area contributed by atoms with Crippen LogP contribution in [-0.4, -0.2) is 17.2 Å². The smallest absolute Gasteiger partial charge is 0.423 e. The second-order valence-electron chi connectivity index (χ2n) is 27.5. The third-order valence-corrected chi connectivity index (χ3v) is 19.3. The molecule has 0 radical (unpaired) electrons. The maximum atomic E-state index is 8.63. The van der Waals surface area contributed by atoms with Crippen molar-refractivity contribution in [1.82, 2.24) is 0 Å². The van der Waals surface area contributed by atoms with Gasteiger partial charge >= 0.3 is 7.12 Å². The lowest BCUT2D eigenvalue weighted by molar-refractivity contribution is 0.426. The third-order valence-electron chi connectivity index (χ3n) is 18.1. The molecule has 6 heteroatoms. The SMILES string of the molecule is CC(C)(C)c1ccc2c(c1)C1(c3cc(C(C)(C)C)ccc3-2)c2ccccc2-c2cccc(-c3ccc(Cl)cc3)c21.CC(C)(C)c1ccc2c(c1)C1(c3cc(C(C)(C)C)ccc3-2)c2ccccc2-c2cccc(Br)c21.OB(O)c1ccc(Cl)cc1. The lowest BCUT2D eigenvalue weighted by Crippen LogP contribution is -2.29. The summed E-state index contributed by atoms with van der Waals surface area (Å²) in [4.78, 5) is 0. The Kier molecular flexibility index (Phi) is 14.2. The van der Waals surface area contributed by atoms with Crippen molar-refractivity contribution in [2.24, 2.45) is 0 Å². The Morgan fingerprint density at radius 2 is 0.631 bits per heavy atom. The van der Waals surface area contributed by atoms with Gasteiger partial charge in [0.1, 0.15) is 0 Å². The average molecular weight is 1200 g/mol. The van der Waals surface area contributed by atoms with E-state index < -0.39 is 12.5 Å². The van der Waals surface area contributed by atoms with Crippen molar-refractivity contribution in [2.45, 2.75) is 116 Å². The summed E-state index contributed by atoms with van der Waals surface area (Å²) in [6, 6.07) is 75.2. The molecular formula is C78H72BBrCl2O2. The fourth-order valence-electron chi connectivity index (χ4n) is 13.8. The molecule has 84 heavy (non-hydrogen) atoms. The molecule has 0 fully saturated rings. The number of benzene rings is 10. The summed E-state index contributed by atoms with van der Waals surface area (Å²) in [5, 5.41) is 18.6. The highest BCUT2D eigenvalue weighted by atomic mass is 79.9. The van der Waals surface area contributed by atoms with Crippen LogP contribution in [0.15, 0.2) is 211 Å². The second-order valence-corrected chi connectivity index (χ2v) is 29.2. The molecule has 0 aliphatic heterocycles. The quantitative estimate of drug-likeness (QED) is 0.169. The van der Waals surface area contributed by atoms with E-state index in [1.165, 1.54) is 127 Å². The van der Waals surface area contributed by atoms with E-state index in [9.17, 15) is 0 Å². The van der Waals surface area contributed by atoms with Crippen molar-refractivity contribution in [3.05, 3.63) is 288 Å². The Morgan fingerprint density at radius 3 is 1.01 bits per heavy atom. The summed E-state index contributed by atoms with van der Waals surface area (Å²) in [7, 11) is -1.41. The topological polar surface area (TPSA) is 40.5 Å². The first-order valence-corrected chi connectivity index (χ1v) is 30.9. The molecule has 14 rings (SSSR count). The predicted molar refractivity (Wildman–Crippen MR) is 360 cm³/mol. The van der Waals surface area contributed by atoms with Crippen LogP contribution in [0.3, 0.4) is 0 Å². The molecule has 10 aromatic rings. The van der Waals surface area contributed by atoms with Gasteiger partial charge in [0.05, 0.1) is 10.8 Å². The number of rotatable bonds is 2. The van der Waals surface area contributed by atoms with Gasteiger partial charge in [-0.1, -0.05) is 298 Å². The first-order chi connectivity index (χ1) is 39.7. The van der Waals surface area contributed by atoms with Gasteiger partial charge in [-0.25, -0.2) is 0 Å². The van der Waals surface area contributed by atoms with Crippen molar-refractivity contribution < 1.29 is 10.0 Å². The summed E-state index contributed by atoms with van der Waals surface area (Å²) in [5.41, 5.74) is 29.8. The van der Waals surface area contributed by atoms with Crippen LogP contribution >= 0.6 is 39.1 Å². The van der Waals surface area contributed by atoms with Gasteiger partial charge in [0.15, 0.2) is 0 Å². The number of hydrogen-bond donors (Lipinski definition) is 2. The molecule has 0 bridgehead atoms. The summed E-state index contributed by atoms with van der Waals surface area (Å²) in [6.07, 6.45) is 0. The van der Waals surface area contributed by atoms with Crippen LogP contribution in [0.2, 0.25) is 10.0 Å². The van der Waals surface area contributed by atoms with Gasteiger partial charge in [-0.3, -0.25) is 0 Å². The molecule has 0 atom stereocenters. The minimum Gasteiger partial charge on any atom is -0.423 e. The van der Waals surface area contributed by atoms with Gasteiger partial charge in [-0.15, -0.1) is 0 Å². The van der Waals surface area contributed by atoms with Crippen LogP contribution in [0.5, 0.6) is 0 Å². The minimum absolute atomic E-state index is 0.0399. The molecule has 420 valence electrons. The van der Waals surface area contributed by atoms with Crippen LogP contribution in [0.4, 0.5) is 0 Å². The van der Waals surface area contributed by atoms with E-state index in [1.54, 1.807) is 24.3 Å². The standard InChI is InChI=1S/C39H35Cl.C33H31Br.C6H6BClO2/c1-37(2,3)25-16-20-30-31-21-17-26(38(4,5)6)23-35(31)39(34(30)22-25)33-13-8-7-10-29(33)32-12-9-11-28(36(32)39)24-14-18-27(40)19-15-24;1-31(2,3)20-14-16-23-24-17-15-21(32(4,5)6)19-28(24)33(27(23)18-20)26-12-8-7-10-22(26)25-11-9-13-29(34)30(25)33;8-6-3-1-5(2-4-6)7(9)10/h7-23H,1-6H3;7-19H,1-6H3;1-4,9-10H. The fourth-order valence-corrected chi connectivity index (χ4v) is 14.7. The van der Waals surface area contributed by atoms with Gasteiger partial charge in [-0.2, -0.15) is 0 Å². The molecule has 0 aromatic heterocycles. The molecule has 0 amide bonds. The van der Waals surface area contributed by atoms with E-state index in [4.69, 9.17) is 33.2 Å². The molecule has 0 unspecified atom stereocenters. The highest BCUT2D eigenvalue weighted by Crippen LogP contribution is 2.67. The molecular weight excluding hydrogens is 1130 g/mol. The predicted octanol–water partition coefficient (Wildman–Crippen LogP) is 20.4. The summed E-state index contributed by atoms with van der Waals surface area (Å²) >= 11 is 15.9. The van der Waals surface area contributed by atoms with Gasteiger partial charge in [0.2, 0.25) is 0 Å². The highest BCUT2D eigenvalue weighted by Gasteiger charge is 2.55. The van der Waals surface area contributed by atoms with Crippen molar-refractivity contribution in [1.29, 1.82) is 0 Å². The molecule has 4 aliphatic rings. The average Bonchev–Trinajstić information content (AvgIpc) is 1.59. The zero-order valence-corrected chi connectivity index (χ0v) is 53.3. The monoisotopic (exact) mass is 1200 g/mol. The number of fused-ring (bicyclic) bond motifs is 20. The van der Waals surface area contributed by atoms with Gasteiger partial charge in [0.25, 0.3) is 0 Å². The summed E-state index contributed by atoms with van der Waals surface area (Å²) < 4.78 is 1.18. The fraction of sp³-hybridized carbons (Fsp3) is 0.231. The maximum Gasteiger partial charge on any atom is 0.488 e. The number of hydrogen-bond acceptors (Lipinski definition) is 2. The summed E-state index contributed by atoms with van der Waals surface area (Å²) in [6.45, 7) is 27.8. The van der Waals surface area contributed by atoms with E-state index in [-0.39, 0.29) is 27.1 Å². The van der Waals surface area contributed by atoms with Crippen molar-refractivity contribution in [3.8, 4) is 55.6 Å². The molecule has 0 saturated carbocycles. The Labute approximate surface area is 516 Å². The van der Waals surface area contributed by atoms with E-state index in [0.717, 1.165) is 5.02 Å². The van der Waals surface area contributed by atoms with E-state index in [0.29, 0.717) is 10.5 Å². The highest BCUT2D eigenvalue weighted by molar-refractivity contribution is 9.10. The largest absolute Gasteiger partial charge is 0.488 e. The Morgan fingerprint density at radius 1 is 0.321 bits per heavy atom. The Balaban J connectivity index is 0.000000143. The van der Waals surface area contributed by atoms with Crippen molar-refractivity contribution in [2.75, 3.05) is 0 Å². The van der Waals surface area contributed by atoms with E-state index >= 15 is 0 Å². The summed E-state index contributed by atoms with van der Waals surface area (Å²) in [5.74, 6) is 0. The minimum atomic E-state index is -1.41.